The molecule has 1 saturated heterocycles. The lowest BCUT2D eigenvalue weighted by atomic mass is 10.1. The zero-order valence-electron chi connectivity index (χ0n) is 8.62. The summed E-state index contributed by atoms with van der Waals surface area (Å²) in [5, 5.41) is 2.91. The van der Waals surface area contributed by atoms with Gasteiger partial charge in [-0.1, -0.05) is 0 Å². The summed E-state index contributed by atoms with van der Waals surface area (Å²) in [5.41, 5.74) is 6.57. The van der Waals surface area contributed by atoms with Crippen LogP contribution in [0, 0.1) is 0 Å². The van der Waals surface area contributed by atoms with E-state index in [4.69, 9.17) is 10.5 Å². The summed E-state index contributed by atoms with van der Waals surface area (Å²) in [4.78, 5) is 14.5. The highest BCUT2D eigenvalue weighted by Crippen LogP contribution is 2.13. The van der Waals surface area contributed by atoms with Crippen molar-refractivity contribution in [2.45, 2.75) is 25.5 Å². The van der Waals surface area contributed by atoms with E-state index in [0.29, 0.717) is 18.0 Å². The van der Waals surface area contributed by atoms with Crippen LogP contribution in [0.1, 0.15) is 23.8 Å². The molecule has 0 aromatic carbocycles. The highest BCUT2D eigenvalue weighted by atomic mass is 16.5. The fourth-order valence-corrected chi connectivity index (χ4v) is 1.71. The number of aromatic nitrogens is 1. The van der Waals surface area contributed by atoms with Gasteiger partial charge in [0.2, 0.25) is 0 Å². The lowest BCUT2D eigenvalue weighted by Crippen LogP contribution is -2.39. The first-order valence-corrected chi connectivity index (χ1v) is 5.03. The second-order valence-corrected chi connectivity index (χ2v) is 3.79. The number of hydrogen-bond donors (Lipinski definition) is 3. The standard InChI is InChI=1S/C10H15N3O2/c1-6-8(2-3-15-6)13-10(14)9-4-7(11)5-12-9/h4-6,8,12H,2-3,11H2,1H3,(H,13,14). The molecule has 2 rings (SSSR count). The number of carbonyl (C=O) groups excluding carboxylic acids is 1. The zero-order valence-corrected chi connectivity index (χ0v) is 8.62. The molecule has 5 heteroatoms. The number of anilines is 1. The van der Waals surface area contributed by atoms with Crippen molar-refractivity contribution in [2.75, 3.05) is 12.3 Å². The van der Waals surface area contributed by atoms with Crippen LogP contribution in [0.15, 0.2) is 12.3 Å². The Hall–Kier alpha value is -1.49. The van der Waals surface area contributed by atoms with E-state index in [2.05, 4.69) is 10.3 Å². The highest BCUT2D eigenvalue weighted by Gasteiger charge is 2.26. The van der Waals surface area contributed by atoms with E-state index in [1.54, 1.807) is 12.3 Å². The van der Waals surface area contributed by atoms with Gasteiger partial charge in [0.15, 0.2) is 0 Å². The van der Waals surface area contributed by atoms with Crippen LogP contribution >= 0.6 is 0 Å². The number of nitrogens with one attached hydrogen (secondary N) is 2. The van der Waals surface area contributed by atoms with Crippen molar-refractivity contribution >= 4 is 11.6 Å². The Balaban J connectivity index is 1.97. The zero-order chi connectivity index (χ0) is 10.8. The van der Waals surface area contributed by atoms with E-state index in [1.165, 1.54) is 0 Å². The van der Waals surface area contributed by atoms with Crippen LogP contribution in [0.4, 0.5) is 5.69 Å². The van der Waals surface area contributed by atoms with Crippen molar-refractivity contribution in [2.24, 2.45) is 0 Å². The molecule has 1 aliphatic rings. The Kier molecular flexibility index (Phi) is 2.64. The third-order valence-electron chi connectivity index (χ3n) is 2.64. The lowest BCUT2D eigenvalue weighted by molar-refractivity contribution is 0.0862. The predicted molar refractivity (Wildman–Crippen MR) is 56.5 cm³/mol. The largest absolute Gasteiger partial charge is 0.397 e. The van der Waals surface area contributed by atoms with Crippen LogP contribution in [0.2, 0.25) is 0 Å². The molecule has 82 valence electrons. The number of nitrogens with two attached hydrogens (primary N) is 1. The molecule has 1 fully saturated rings. The van der Waals surface area contributed by atoms with Crippen LogP contribution in [-0.2, 0) is 4.74 Å². The van der Waals surface area contributed by atoms with Crippen LogP contribution in [0.5, 0.6) is 0 Å². The van der Waals surface area contributed by atoms with Crippen molar-refractivity contribution in [3.63, 3.8) is 0 Å². The van der Waals surface area contributed by atoms with Crippen LogP contribution in [-0.4, -0.2) is 29.6 Å². The van der Waals surface area contributed by atoms with E-state index in [-0.39, 0.29) is 18.1 Å². The lowest BCUT2D eigenvalue weighted by Gasteiger charge is -2.15. The van der Waals surface area contributed by atoms with Crippen LogP contribution < -0.4 is 11.1 Å². The van der Waals surface area contributed by atoms with Crippen molar-refractivity contribution in [3.05, 3.63) is 18.0 Å². The number of hydrogen-bond acceptors (Lipinski definition) is 3. The van der Waals surface area contributed by atoms with Gasteiger partial charge < -0.3 is 20.8 Å². The number of H-pyrrole nitrogens is 1. The quantitative estimate of drug-likeness (QED) is 0.663. The van der Waals surface area contributed by atoms with Crippen molar-refractivity contribution in [3.8, 4) is 0 Å². The molecular formula is C10H15N3O2. The van der Waals surface area contributed by atoms with Crippen LogP contribution in [0.25, 0.3) is 0 Å². The second kappa shape index (κ2) is 3.94. The molecule has 5 nitrogen and oxygen atoms in total. The summed E-state index contributed by atoms with van der Waals surface area (Å²) >= 11 is 0. The molecule has 2 atom stereocenters. The Morgan fingerprint density at radius 2 is 2.53 bits per heavy atom. The van der Waals surface area contributed by atoms with E-state index in [0.717, 1.165) is 6.42 Å². The molecule has 0 aliphatic carbocycles. The van der Waals surface area contributed by atoms with E-state index in [1.807, 2.05) is 6.92 Å². The SMILES string of the molecule is CC1OCCC1NC(=O)c1cc(N)c[nH]1. The minimum atomic E-state index is -0.131. The Labute approximate surface area is 88.0 Å². The first-order valence-electron chi connectivity index (χ1n) is 5.03. The summed E-state index contributed by atoms with van der Waals surface area (Å²) in [6.07, 6.45) is 2.55. The van der Waals surface area contributed by atoms with E-state index < -0.39 is 0 Å². The van der Waals surface area contributed by atoms with Gasteiger partial charge in [0, 0.05) is 18.5 Å². The maximum Gasteiger partial charge on any atom is 0.268 e. The summed E-state index contributed by atoms with van der Waals surface area (Å²) in [6.45, 7) is 2.67. The summed E-state index contributed by atoms with van der Waals surface area (Å²) in [7, 11) is 0. The number of nitrogen functional groups attached to an aromatic ring is 1. The molecule has 0 bridgehead atoms. The predicted octanol–water partition coefficient (Wildman–Crippen LogP) is 0.504. The fraction of sp³-hybridized carbons (Fsp3) is 0.500. The average molecular weight is 209 g/mol. The molecule has 0 saturated carbocycles. The third-order valence-corrected chi connectivity index (χ3v) is 2.64. The third kappa shape index (κ3) is 2.12. The number of ether oxygens (including phenoxy) is 1. The second-order valence-electron chi connectivity index (χ2n) is 3.79. The van der Waals surface area contributed by atoms with Crippen LogP contribution in [0.3, 0.4) is 0 Å². The number of carbonyl (C=O) groups is 1. The maximum absolute atomic E-state index is 11.7. The van der Waals surface area contributed by atoms with Crippen molar-refractivity contribution in [1.82, 2.24) is 10.3 Å². The molecule has 1 aromatic rings. The number of rotatable bonds is 2. The average Bonchev–Trinajstić information content (AvgIpc) is 2.77. The minimum Gasteiger partial charge on any atom is -0.397 e. The fourth-order valence-electron chi connectivity index (χ4n) is 1.71. The molecule has 2 unspecified atom stereocenters. The summed E-state index contributed by atoms with van der Waals surface area (Å²) < 4.78 is 5.36. The molecule has 2 heterocycles. The smallest absolute Gasteiger partial charge is 0.268 e. The molecule has 1 amide bonds. The first kappa shape index (κ1) is 10.0. The normalized spacial score (nSPS) is 25.4. The number of aromatic amines is 1. The van der Waals surface area contributed by atoms with Gasteiger partial charge >= 0.3 is 0 Å². The van der Waals surface area contributed by atoms with Gasteiger partial charge in [-0.25, -0.2) is 0 Å². The maximum atomic E-state index is 11.7. The molecule has 0 spiro atoms. The van der Waals surface area contributed by atoms with Gasteiger partial charge in [0.25, 0.3) is 5.91 Å². The molecule has 1 aromatic heterocycles. The molecule has 1 aliphatic heterocycles. The Bertz CT molecular complexity index is 361. The van der Waals surface area contributed by atoms with Gasteiger partial charge in [-0.2, -0.15) is 0 Å². The van der Waals surface area contributed by atoms with Gasteiger partial charge in [-0.15, -0.1) is 0 Å². The molecular weight excluding hydrogens is 194 g/mol. The van der Waals surface area contributed by atoms with E-state index >= 15 is 0 Å². The summed E-state index contributed by atoms with van der Waals surface area (Å²) in [5.74, 6) is -0.131. The minimum absolute atomic E-state index is 0.0845. The first-order chi connectivity index (χ1) is 7.16. The topological polar surface area (TPSA) is 80.1 Å². The number of amides is 1. The monoisotopic (exact) mass is 209 g/mol. The van der Waals surface area contributed by atoms with Gasteiger partial charge in [-0.05, 0) is 19.4 Å². The van der Waals surface area contributed by atoms with Gasteiger partial charge in [0.1, 0.15) is 5.69 Å². The molecule has 15 heavy (non-hydrogen) atoms. The molecule has 4 N–H and O–H groups in total. The highest BCUT2D eigenvalue weighted by molar-refractivity contribution is 5.93. The van der Waals surface area contributed by atoms with Gasteiger partial charge in [0.05, 0.1) is 12.1 Å². The van der Waals surface area contributed by atoms with E-state index in [9.17, 15) is 4.79 Å². The Morgan fingerprint density at radius 3 is 3.07 bits per heavy atom. The Morgan fingerprint density at radius 1 is 1.73 bits per heavy atom. The molecule has 0 radical (unpaired) electrons. The van der Waals surface area contributed by atoms with Crippen molar-refractivity contribution in [1.29, 1.82) is 0 Å². The summed E-state index contributed by atoms with van der Waals surface area (Å²) in [6, 6.07) is 1.72. The van der Waals surface area contributed by atoms with Gasteiger partial charge in [-0.3, -0.25) is 4.79 Å². The van der Waals surface area contributed by atoms with Crippen molar-refractivity contribution < 1.29 is 9.53 Å².